The second-order valence-corrected chi connectivity index (χ2v) is 8.78. The number of benzene rings is 3. The van der Waals surface area contributed by atoms with Crippen LogP contribution in [0.15, 0.2) is 78.9 Å². The molecule has 1 aromatic heterocycles. The van der Waals surface area contributed by atoms with Crippen LogP contribution in [0.1, 0.15) is 63.5 Å². The third kappa shape index (κ3) is 5.79. The maximum Gasteiger partial charge on any atom is 0.232 e. The van der Waals surface area contributed by atoms with Gasteiger partial charge in [0.2, 0.25) is 11.9 Å². The first-order valence-electron chi connectivity index (χ1n) is 12.1. The van der Waals surface area contributed by atoms with Crippen molar-refractivity contribution in [2.45, 2.75) is 52.4 Å². The number of anilines is 4. The molecular formula is C29H33N5. The van der Waals surface area contributed by atoms with Crippen LogP contribution in [-0.4, -0.2) is 15.0 Å². The molecule has 0 radical (unpaired) electrons. The molecule has 0 spiro atoms. The van der Waals surface area contributed by atoms with Crippen molar-refractivity contribution in [2.75, 3.05) is 10.6 Å². The van der Waals surface area contributed by atoms with Gasteiger partial charge in [-0.15, -0.1) is 0 Å². The van der Waals surface area contributed by atoms with Gasteiger partial charge in [-0.2, -0.15) is 15.0 Å². The van der Waals surface area contributed by atoms with E-state index in [4.69, 9.17) is 0 Å². The van der Waals surface area contributed by atoms with Crippen molar-refractivity contribution >= 4 is 23.3 Å². The van der Waals surface area contributed by atoms with Crippen LogP contribution >= 0.6 is 0 Å². The summed E-state index contributed by atoms with van der Waals surface area (Å²) < 4.78 is 0. The third-order valence-electron chi connectivity index (χ3n) is 6.36. The average molecular weight is 452 g/mol. The summed E-state index contributed by atoms with van der Waals surface area (Å²) in [6.07, 6.45) is 2.24. The van der Waals surface area contributed by atoms with Crippen LogP contribution in [0, 0.1) is 0 Å². The van der Waals surface area contributed by atoms with Gasteiger partial charge in [0.1, 0.15) is 0 Å². The van der Waals surface area contributed by atoms with Crippen molar-refractivity contribution in [1.29, 1.82) is 0 Å². The van der Waals surface area contributed by atoms with Gasteiger partial charge in [-0.3, -0.25) is 0 Å². The monoisotopic (exact) mass is 451 g/mol. The van der Waals surface area contributed by atoms with Crippen LogP contribution < -0.4 is 10.6 Å². The number of rotatable bonds is 9. The molecule has 5 heteroatoms. The summed E-state index contributed by atoms with van der Waals surface area (Å²) in [5.41, 5.74) is 5.49. The molecule has 4 rings (SSSR count). The molecule has 0 aliphatic heterocycles. The molecule has 5 nitrogen and oxygen atoms in total. The Morgan fingerprint density at radius 2 is 1.03 bits per heavy atom. The van der Waals surface area contributed by atoms with E-state index in [-0.39, 0.29) is 0 Å². The van der Waals surface area contributed by atoms with Crippen LogP contribution in [0.2, 0.25) is 0 Å². The normalized spacial score (nSPS) is 12.7. The molecule has 2 atom stereocenters. The highest BCUT2D eigenvalue weighted by molar-refractivity contribution is 5.63. The highest BCUT2D eigenvalue weighted by Crippen LogP contribution is 2.25. The van der Waals surface area contributed by atoms with Gasteiger partial charge in [-0.25, -0.2) is 0 Å². The minimum Gasteiger partial charge on any atom is -0.324 e. The van der Waals surface area contributed by atoms with Crippen LogP contribution in [0.5, 0.6) is 0 Å². The topological polar surface area (TPSA) is 62.7 Å². The van der Waals surface area contributed by atoms with Gasteiger partial charge < -0.3 is 10.6 Å². The Hall–Kier alpha value is -3.73. The van der Waals surface area contributed by atoms with Gasteiger partial charge >= 0.3 is 0 Å². The second kappa shape index (κ2) is 10.9. The zero-order chi connectivity index (χ0) is 23.9. The van der Waals surface area contributed by atoms with Crippen molar-refractivity contribution in [3.8, 4) is 11.4 Å². The van der Waals surface area contributed by atoms with E-state index in [1.807, 2.05) is 30.3 Å². The third-order valence-corrected chi connectivity index (χ3v) is 6.36. The Balaban J connectivity index is 1.62. The molecule has 4 aromatic rings. The predicted octanol–water partition coefficient (Wildman–Crippen LogP) is 8.05. The Kier molecular flexibility index (Phi) is 7.53. The lowest BCUT2D eigenvalue weighted by molar-refractivity contribution is 0.734. The molecule has 2 N–H and O–H groups in total. The first-order valence-corrected chi connectivity index (χ1v) is 12.1. The van der Waals surface area contributed by atoms with Crippen LogP contribution in [-0.2, 0) is 0 Å². The van der Waals surface area contributed by atoms with Crippen molar-refractivity contribution in [3.63, 3.8) is 0 Å². The summed E-state index contributed by atoms with van der Waals surface area (Å²) in [4.78, 5) is 14.0. The molecule has 0 fully saturated rings. The standard InChI is InChI=1S/C29H33N5/c1-5-20(3)22-12-16-25(17-13-22)30-28-32-27(24-10-8-7-9-11-24)33-29(34-28)31-26-18-14-23(15-19-26)21(4)6-2/h7-21H,5-6H2,1-4H3,(H2,30,31,32,33,34). The summed E-state index contributed by atoms with van der Waals surface area (Å²) in [5.74, 6) is 2.71. The number of nitrogens with zero attached hydrogens (tertiary/aromatic N) is 3. The van der Waals surface area contributed by atoms with E-state index in [1.165, 1.54) is 11.1 Å². The summed E-state index contributed by atoms with van der Waals surface area (Å²) in [5, 5.41) is 6.71. The average Bonchev–Trinajstić information content (AvgIpc) is 2.89. The highest BCUT2D eigenvalue weighted by atomic mass is 15.2. The maximum absolute atomic E-state index is 4.69. The molecular weight excluding hydrogens is 418 g/mol. The Morgan fingerprint density at radius 3 is 1.44 bits per heavy atom. The molecule has 0 aliphatic carbocycles. The van der Waals surface area contributed by atoms with Gasteiger partial charge in [-0.05, 0) is 60.1 Å². The fourth-order valence-electron chi connectivity index (χ4n) is 3.72. The van der Waals surface area contributed by atoms with Crippen molar-refractivity contribution in [2.24, 2.45) is 0 Å². The molecule has 2 unspecified atom stereocenters. The lowest BCUT2D eigenvalue weighted by atomic mass is 9.99. The maximum atomic E-state index is 4.69. The fraction of sp³-hybridized carbons (Fsp3) is 0.276. The smallest absolute Gasteiger partial charge is 0.232 e. The van der Waals surface area contributed by atoms with E-state index < -0.39 is 0 Å². The highest BCUT2D eigenvalue weighted by Gasteiger charge is 2.11. The van der Waals surface area contributed by atoms with Crippen LogP contribution in [0.4, 0.5) is 23.3 Å². The van der Waals surface area contributed by atoms with Crippen molar-refractivity contribution < 1.29 is 0 Å². The number of aromatic nitrogens is 3. The number of hydrogen-bond acceptors (Lipinski definition) is 5. The molecule has 0 bridgehead atoms. The summed E-state index contributed by atoms with van der Waals surface area (Å²) in [7, 11) is 0. The van der Waals surface area contributed by atoms with E-state index in [0.29, 0.717) is 29.6 Å². The summed E-state index contributed by atoms with van der Waals surface area (Å²) in [6, 6.07) is 26.9. The van der Waals surface area contributed by atoms with Gasteiger partial charge in [0.25, 0.3) is 0 Å². The number of hydrogen-bond donors (Lipinski definition) is 2. The molecule has 0 amide bonds. The lowest BCUT2D eigenvalue weighted by Gasteiger charge is -2.13. The fourth-order valence-corrected chi connectivity index (χ4v) is 3.72. The van der Waals surface area contributed by atoms with E-state index in [0.717, 1.165) is 29.8 Å². The molecule has 0 saturated carbocycles. The van der Waals surface area contributed by atoms with Crippen molar-refractivity contribution in [3.05, 3.63) is 90.0 Å². The van der Waals surface area contributed by atoms with Gasteiger partial charge in [0.15, 0.2) is 5.82 Å². The molecule has 174 valence electrons. The molecule has 1 heterocycles. The zero-order valence-electron chi connectivity index (χ0n) is 20.4. The molecule has 0 aliphatic rings. The Labute approximate surface area is 202 Å². The predicted molar refractivity (Wildman–Crippen MR) is 142 cm³/mol. The van der Waals surface area contributed by atoms with Gasteiger partial charge in [-0.1, -0.05) is 82.3 Å². The van der Waals surface area contributed by atoms with E-state index in [1.54, 1.807) is 0 Å². The molecule has 3 aromatic carbocycles. The summed E-state index contributed by atoms with van der Waals surface area (Å²) in [6.45, 7) is 8.90. The number of nitrogens with one attached hydrogen (secondary N) is 2. The SMILES string of the molecule is CCC(C)c1ccc(Nc2nc(Nc3ccc(C(C)CC)cc3)nc(-c3ccccc3)n2)cc1. The van der Waals surface area contributed by atoms with Gasteiger partial charge in [0, 0.05) is 16.9 Å². The zero-order valence-corrected chi connectivity index (χ0v) is 20.4. The van der Waals surface area contributed by atoms with E-state index in [9.17, 15) is 0 Å². The Bertz CT molecular complexity index is 1110. The van der Waals surface area contributed by atoms with Crippen LogP contribution in [0.3, 0.4) is 0 Å². The second-order valence-electron chi connectivity index (χ2n) is 8.78. The minimum atomic E-state index is 0.504. The van der Waals surface area contributed by atoms with E-state index in [2.05, 4.69) is 102 Å². The minimum absolute atomic E-state index is 0.504. The Morgan fingerprint density at radius 1 is 0.588 bits per heavy atom. The van der Waals surface area contributed by atoms with Crippen molar-refractivity contribution in [1.82, 2.24) is 15.0 Å². The van der Waals surface area contributed by atoms with Crippen LogP contribution in [0.25, 0.3) is 11.4 Å². The van der Waals surface area contributed by atoms with E-state index >= 15 is 0 Å². The summed E-state index contributed by atoms with van der Waals surface area (Å²) >= 11 is 0. The van der Waals surface area contributed by atoms with Gasteiger partial charge in [0.05, 0.1) is 0 Å². The first kappa shape index (κ1) is 23.4. The molecule has 0 saturated heterocycles. The first-order chi connectivity index (χ1) is 16.6. The largest absolute Gasteiger partial charge is 0.324 e. The quantitative estimate of drug-likeness (QED) is 0.269. The lowest BCUT2D eigenvalue weighted by Crippen LogP contribution is -2.06. The molecule has 34 heavy (non-hydrogen) atoms.